The van der Waals surface area contributed by atoms with Crippen molar-refractivity contribution in [2.75, 3.05) is 0 Å². The molecule has 2 aromatic carbocycles. The van der Waals surface area contributed by atoms with Gasteiger partial charge in [0, 0.05) is 11.8 Å². The molecule has 0 spiro atoms. The van der Waals surface area contributed by atoms with E-state index in [2.05, 4.69) is 74.5 Å². The lowest BCUT2D eigenvalue weighted by molar-refractivity contribution is 0.795. The average molecular weight is 358 g/mol. The van der Waals surface area contributed by atoms with Gasteiger partial charge in [-0.05, 0) is 60.4 Å². The van der Waals surface area contributed by atoms with Crippen LogP contribution in [-0.2, 0) is 25.7 Å². The van der Waals surface area contributed by atoms with Crippen LogP contribution < -0.4 is 0 Å². The van der Waals surface area contributed by atoms with Gasteiger partial charge in [0.1, 0.15) is 0 Å². The second-order valence-corrected chi connectivity index (χ2v) is 7.42. The predicted molar refractivity (Wildman–Crippen MR) is 116 cm³/mol. The number of benzene rings is 2. The summed E-state index contributed by atoms with van der Waals surface area (Å²) in [4.78, 5) is 4.69. The van der Waals surface area contributed by atoms with Gasteiger partial charge in [0.2, 0.25) is 0 Å². The van der Waals surface area contributed by atoms with E-state index in [1.165, 1.54) is 59.9 Å². The third-order valence-corrected chi connectivity index (χ3v) is 5.16. The van der Waals surface area contributed by atoms with Gasteiger partial charge in [0.05, 0.1) is 5.69 Å². The van der Waals surface area contributed by atoms with Crippen molar-refractivity contribution in [3.8, 4) is 11.3 Å². The van der Waals surface area contributed by atoms with Crippen molar-refractivity contribution in [1.29, 1.82) is 0 Å². The summed E-state index contributed by atoms with van der Waals surface area (Å²) in [6, 6.07) is 22.3. The summed E-state index contributed by atoms with van der Waals surface area (Å²) in [6.07, 6.45) is 10.2. The first-order valence-corrected chi connectivity index (χ1v) is 10.4. The molecule has 0 amide bonds. The molecule has 3 aromatic rings. The van der Waals surface area contributed by atoms with E-state index in [0.29, 0.717) is 0 Å². The predicted octanol–water partition coefficient (Wildman–Crippen LogP) is 6.83. The molecule has 0 unspecified atom stereocenters. The number of rotatable bonds is 9. The zero-order valence-corrected chi connectivity index (χ0v) is 16.7. The van der Waals surface area contributed by atoms with Gasteiger partial charge in [-0.1, -0.05) is 81.3 Å². The summed E-state index contributed by atoms with van der Waals surface area (Å²) >= 11 is 0. The van der Waals surface area contributed by atoms with Gasteiger partial charge >= 0.3 is 0 Å². The van der Waals surface area contributed by atoms with Crippen molar-refractivity contribution in [2.45, 2.75) is 58.8 Å². The van der Waals surface area contributed by atoms with Gasteiger partial charge in [-0.25, -0.2) is 0 Å². The molecule has 0 aliphatic rings. The highest BCUT2D eigenvalue weighted by Gasteiger charge is 2.02. The van der Waals surface area contributed by atoms with E-state index >= 15 is 0 Å². The van der Waals surface area contributed by atoms with Gasteiger partial charge in [0.15, 0.2) is 0 Å². The first kappa shape index (κ1) is 19.4. The van der Waals surface area contributed by atoms with Crippen LogP contribution in [0.3, 0.4) is 0 Å². The Morgan fingerprint density at radius 1 is 0.556 bits per heavy atom. The molecule has 1 heterocycles. The summed E-state index contributed by atoms with van der Waals surface area (Å²) in [7, 11) is 0. The Labute approximate surface area is 164 Å². The summed E-state index contributed by atoms with van der Waals surface area (Å²) in [5.41, 5.74) is 7.82. The Kier molecular flexibility index (Phi) is 7.21. The Balaban J connectivity index is 1.56. The fraction of sp³-hybridized carbons (Fsp3) is 0.346. The highest BCUT2D eigenvalue weighted by Crippen LogP contribution is 2.19. The maximum atomic E-state index is 4.69. The second kappa shape index (κ2) is 10.1. The molecule has 1 aromatic heterocycles. The van der Waals surface area contributed by atoms with Crippen molar-refractivity contribution in [3.05, 3.63) is 89.1 Å². The minimum Gasteiger partial charge on any atom is -0.256 e. The fourth-order valence-corrected chi connectivity index (χ4v) is 3.42. The van der Waals surface area contributed by atoms with Crippen LogP contribution in [0.1, 0.15) is 55.4 Å². The molecule has 0 saturated carbocycles. The Morgan fingerprint density at radius 3 is 1.70 bits per heavy atom. The van der Waals surface area contributed by atoms with E-state index in [9.17, 15) is 0 Å². The first-order valence-electron chi connectivity index (χ1n) is 10.4. The number of aromatic nitrogens is 1. The van der Waals surface area contributed by atoms with Crippen molar-refractivity contribution in [3.63, 3.8) is 0 Å². The molecule has 3 rings (SSSR count). The van der Waals surface area contributed by atoms with Crippen LogP contribution in [0.25, 0.3) is 11.3 Å². The zero-order chi connectivity index (χ0) is 18.9. The molecule has 27 heavy (non-hydrogen) atoms. The summed E-state index contributed by atoms with van der Waals surface area (Å²) in [5, 5.41) is 0. The van der Waals surface area contributed by atoms with Crippen LogP contribution in [0.15, 0.2) is 66.9 Å². The van der Waals surface area contributed by atoms with E-state index in [4.69, 9.17) is 4.98 Å². The van der Waals surface area contributed by atoms with Gasteiger partial charge < -0.3 is 0 Å². The molecule has 0 atom stereocenters. The van der Waals surface area contributed by atoms with Gasteiger partial charge in [-0.3, -0.25) is 4.98 Å². The topological polar surface area (TPSA) is 12.9 Å². The van der Waals surface area contributed by atoms with E-state index < -0.39 is 0 Å². The normalized spacial score (nSPS) is 10.9. The highest BCUT2D eigenvalue weighted by atomic mass is 14.7. The molecule has 0 radical (unpaired) electrons. The van der Waals surface area contributed by atoms with Gasteiger partial charge in [0.25, 0.3) is 0 Å². The van der Waals surface area contributed by atoms with Crippen LogP contribution in [0.4, 0.5) is 0 Å². The number of hydrogen-bond donors (Lipinski definition) is 0. The Morgan fingerprint density at radius 2 is 1.11 bits per heavy atom. The van der Waals surface area contributed by atoms with Crippen molar-refractivity contribution in [2.24, 2.45) is 0 Å². The molecular formula is C26H31N. The summed E-state index contributed by atoms with van der Waals surface area (Å²) in [5.74, 6) is 0. The third kappa shape index (κ3) is 5.79. The number of aryl methyl sites for hydroxylation is 4. The molecule has 1 heteroatoms. The second-order valence-electron chi connectivity index (χ2n) is 7.42. The standard InChI is InChI=1S/C26H31N/c1-3-5-7-22-14-17-25(18-15-22)26-19-16-24(20-27-26)13-12-23-10-8-21(6-4-2)9-11-23/h8-11,14-20H,3-7,12-13H2,1-2H3. The molecular weight excluding hydrogens is 326 g/mol. The maximum Gasteiger partial charge on any atom is 0.0702 e. The number of pyridine rings is 1. The lowest BCUT2D eigenvalue weighted by Gasteiger charge is -2.06. The molecule has 0 bridgehead atoms. The highest BCUT2D eigenvalue weighted by molar-refractivity contribution is 5.59. The van der Waals surface area contributed by atoms with E-state index in [1.807, 2.05) is 6.20 Å². The number of hydrogen-bond acceptors (Lipinski definition) is 1. The lowest BCUT2D eigenvalue weighted by atomic mass is 10.0. The summed E-state index contributed by atoms with van der Waals surface area (Å²) < 4.78 is 0. The largest absolute Gasteiger partial charge is 0.256 e. The fourth-order valence-electron chi connectivity index (χ4n) is 3.42. The molecule has 0 aliphatic heterocycles. The quantitative estimate of drug-likeness (QED) is 0.409. The first-order chi connectivity index (χ1) is 13.3. The van der Waals surface area contributed by atoms with Crippen molar-refractivity contribution >= 4 is 0 Å². The van der Waals surface area contributed by atoms with Gasteiger partial charge in [-0.15, -0.1) is 0 Å². The van der Waals surface area contributed by atoms with Crippen molar-refractivity contribution < 1.29 is 0 Å². The van der Waals surface area contributed by atoms with Crippen molar-refractivity contribution in [1.82, 2.24) is 4.98 Å². The Hall–Kier alpha value is -2.41. The molecule has 0 saturated heterocycles. The molecule has 0 N–H and O–H groups in total. The molecule has 140 valence electrons. The Bertz CT molecular complexity index is 798. The number of nitrogens with zero attached hydrogens (tertiary/aromatic N) is 1. The smallest absolute Gasteiger partial charge is 0.0702 e. The maximum absolute atomic E-state index is 4.69. The average Bonchev–Trinajstić information content (AvgIpc) is 2.73. The van der Waals surface area contributed by atoms with Crippen LogP contribution in [0.5, 0.6) is 0 Å². The SMILES string of the molecule is CCCCc1ccc(-c2ccc(CCc3ccc(CCC)cc3)cn2)cc1. The monoisotopic (exact) mass is 357 g/mol. The van der Waals surface area contributed by atoms with Crippen LogP contribution in [0.2, 0.25) is 0 Å². The van der Waals surface area contributed by atoms with Crippen LogP contribution >= 0.6 is 0 Å². The van der Waals surface area contributed by atoms with E-state index in [0.717, 1.165) is 18.5 Å². The number of unbranched alkanes of at least 4 members (excludes halogenated alkanes) is 1. The van der Waals surface area contributed by atoms with E-state index in [1.54, 1.807) is 0 Å². The van der Waals surface area contributed by atoms with Crippen LogP contribution in [0, 0.1) is 0 Å². The van der Waals surface area contributed by atoms with Gasteiger partial charge in [-0.2, -0.15) is 0 Å². The molecule has 0 aliphatic carbocycles. The summed E-state index contributed by atoms with van der Waals surface area (Å²) in [6.45, 7) is 4.47. The molecule has 1 nitrogen and oxygen atoms in total. The lowest BCUT2D eigenvalue weighted by Crippen LogP contribution is -1.94. The minimum absolute atomic E-state index is 1.04. The molecule has 0 fully saturated rings. The van der Waals surface area contributed by atoms with Crippen LogP contribution in [-0.4, -0.2) is 4.98 Å². The zero-order valence-electron chi connectivity index (χ0n) is 16.7. The van der Waals surface area contributed by atoms with E-state index in [-0.39, 0.29) is 0 Å². The third-order valence-electron chi connectivity index (χ3n) is 5.16. The minimum atomic E-state index is 1.04.